The molecule has 1 aromatic rings. The molecule has 13 heavy (non-hydrogen) atoms. The molecule has 3 heteroatoms. The second kappa shape index (κ2) is 4.36. The summed E-state index contributed by atoms with van der Waals surface area (Å²) in [4.78, 5) is 0. The summed E-state index contributed by atoms with van der Waals surface area (Å²) < 4.78 is 0. The third-order valence-electron chi connectivity index (χ3n) is 1.58. The van der Waals surface area contributed by atoms with Crippen LogP contribution < -0.4 is 0 Å². The zero-order valence-corrected chi connectivity index (χ0v) is 9.47. The number of benzene rings is 1. The largest absolute Gasteiger partial charge is 0.0998 e. The molecule has 0 amide bonds. The highest BCUT2D eigenvalue weighted by molar-refractivity contribution is 6.39. The van der Waals surface area contributed by atoms with Crippen LogP contribution in [0.1, 0.15) is 12.5 Å². The van der Waals surface area contributed by atoms with Crippen LogP contribution in [0.25, 0.3) is 0 Å². The Balaban J connectivity index is 3.13. The van der Waals surface area contributed by atoms with E-state index in [1.54, 1.807) is 12.1 Å². The van der Waals surface area contributed by atoms with E-state index in [4.69, 9.17) is 34.8 Å². The Morgan fingerprint density at radius 2 is 1.69 bits per heavy atom. The Bertz CT molecular complexity index is 319. The number of hydrogen-bond donors (Lipinski definition) is 0. The molecular formula is C10H9Cl3. The molecule has 0 aliphatic rings. The molecule has 0 aromatic heterocycles. The molecule has 0 aliphatic heterocycles. The summed E-state index contributed by atoms with van der Waals surface area (Å²) in [6, 6.07) is 3.38. The molecule has 0 unspecified atom stereocenters. The van der Waals surface area contributed by atoms with E-state index in [-0.39, 0.29) is 0 Å². The molecule has 0 nitrogen and oxygen atoms in total. The summed E-state index contributed by atoms with van der Waals surface area (Å²) in [6.07, 6.45) is 0.689. The van der Waals surface area contributed by atoms with Gasteiger partial charge in [-0.05, 0) is 31.0 Å². The minimum Gasteiger partial charge on any atom is -0.0998 e. The quantitative estimate of drug-likeness (QED) is 0.648. The van der Waals surface area contributed by atoms with Crippen LogP contribution >= 0.6 is 34.8 Å². The van der Waals surface area contributed by atoms with Gasteiger partial charge in [-0.2, -0.15) is 0 Å². The zero-order chi connectivity index (χ0) is 10.0. The van der Waals surface area contributed by atoms with Crippen LogP contribution in [0.2, 0.25) is 15.1 Å². The van der Waals surface area contributed by atoms with Crippen LogP contribution in [0.5, 0.6) is 0 Å². The molecule has 0 radical (unpaired) electrons. The Labute approximate surface area is 93.1 Å². The van der Waals surface area contributed by atoms with Crippen molar-refractivity contribution in [1.82, 2.24) is 0 Å². The third-order valence-corrected chi connectivity index (χ3v) is 2.48. The maximum atomic E-state index is 5.97. The van der Waals surface area contributed by atoms with Gasteiger partial charge in [0.1, 0.15) is 0 Å². The van der Waals surface area contributed by atoms with Crippen molar-refractivity contribution < 1.29 is 0 Å². The molecule has 0 fully saturated rings. The van der Waals surface area contributed by atoms with Gasteiger partial charge in [0.2, 0.25) is 0 Å². The minimum atomic E-state index is 0.556. The predicted octanol–water partition coefficient (Wildman–Crippen LogP) is 4.77. The van der Waals surface area contributed by atoms with E-state index in [1.807, 2.05) is 6.92 Å². The Hall–Kier alpha value is -0.170. The predicted molar refractivity (Wildman–Crippen MR) is 60.0 cm³/mol. The van der Waals surface area contributed by atoms with Crippen molar-refractivity contribution in [2.24, 2.45) is 0 Å². The maximum Gasteiger partial charge on any atom is 0.0470 e. The lowest BCUT2D eigenvalue weighted by atomic mass is 10.1. The molecule has 70 valence electrons. The first-order valence-electron chi connectivity index (χ1n) is 3.78. The van der Waals surface area contributed by atoms with E-state index in [2.05, 4.69) is 6.58 Å². The van der Waals surface area contributed by atoms with Gasteiger partial charge in [0.25, 0.3) is 0 Å². The van der Waals surface area contributed by atoms with Crippen molar-refractivity contribution in [3.05, 3.63) is 44.9 Å². The molecule has 0 atom stereocenters. The van der Waals surface area contributed by atoms with Crippen LogP contribution in [0, 0.1) is 0 Å². The van der Waals surface area contributed by atoms with E-state index in [0.717, 1.165) is 11.1 Å². The van der Waals surface area contributed by atoms with Crippen molar-refractivity contribution in [2.75, 3.05) is 0 Å². The maximum absolute atomic E-state index is 5.97. The molecule has 0 saturated heterocycles. The second-order valence-electron chi connectivity index (χ2n) is 2.98. The van der Waals surface area contributed by atoms with Gasteiger partial charge in [-0.3, -0.25) is 0 Å². The topological polar surface area (TPSA) is 0 Å². The lowest BCUT2D eigenvalue weighted by molar-refractivity contribution is 1.15. The van der Waals surface area contributed by atoms with Crippen LogP contribution in [0.15, 0.2) is 24.3 Å². The summed E-state index contributed by atoms with van der Waals surface area (Å²) in [7, 11) is 0. The molecule has 0 N–H and O–H groups in total. The highest BCUT2D eigenvalue weighted by atomic mass is 35.5. The van der Waals surface area contributed by atoms with Crippen LogP contribution in [-0.4, -0.2) is 0 Å². The van der Waals surface area contributed by atoms with Gasteiger partial charge in [-0.15, -0.1) is 0 Å². The zero-order valence-electron chi connectivity index (χ0n) is 7.20. The summed E-state index contributed by atoms with van der Waals surface area (Å²) in [5.41, 5.74) is 1.91. The van der Waals surface area contributed by atoms with Crippen molar-refractivity contribution in [3.8, 4) is 0 Å². The van der Waals surface area contributed by atoms with Gasteiger partial charge >= 0.3 is 0 Å². The lowest BCUT2D eigenvalue weighted by Gasteiger charge is -2.06. The van der Waals surface area contributed by atoms with Gasteiger partial charge in [0, 0.05) is 15.1 Å². The smallest absolute Gasteiger partial charge is 0.0470 e. The molecule has 0 spiro atoms. The number of hydrogen-bond acceptors (Lipinski definition) is 0. The third kappa shape index (κ3) is 2.91. The Morgan fingerprint density at radius 1 is 1.23 bits per heavy atom. The molecule has 1 rings (SSSR count). The van der Waals surface area contributed by atoms with Gasteiger partial charge < -0.3 is 0 Å². The van der Waals surface area contributed by atoms with Crippen molar-refractivity contribution in [2.45, 2.75) is 13.3 Å². The Kier molecular flexibility index (Phi) is 3.66. The van der Waals surface area contributed by atoms with Gasteiger partial charge in [-0.1, -0.05) is 47.0 Å². The lowest BCUT2D eigenvalue weighted by Crippen LogP contribution is -1.89. The van der Waals surface area contributed by atoms with E-state index in [0.29, 0.717) is 21.5 Å². The average Bonchev–Trinajstić information content (AvgIpc) is 1.96. The minimum absolute atomic E-state index is 0.556. The van der Waals surface area contributed by atoms with Crippen molar-refractivity contribution in [1.29, 1.82) is 0 Å². The molecule has 0 saturated carbocycles. The van der Waals surface area contributed by atoms with E-state index in [1.165, 1.54) is 0 Å². The molecule has 0 heterocycles. The highest BCUT2D eigenvalue weighted by Gasteiger charge is 2.07. The summed E-state index contributed by atoms with van der Waals surface area (Å²) >= 11 is 17.7. The molecule has 0 bridgehead atoms. The Morgan fingerprint density at radius 3 is 2.08 bits per heavy atom. The monoisotopic (exact) mass is 234 g/mol. The first-order chi connectivity index (χ1) is 6.00. The molecule has 1 aromatic carbocycles. The summed E-state index contributed by atoms with van der Waals surface area (Å²) in [5, 5.41) is 1.75. The second-order valence-corrected chi connectivity index (χ2v) is 4.23. The SMILES string of the molecule is C=C(C)Cc1c(Cl)cc(Cl)cc1Cl. The van der Waals surface area contributed by atoms with Crippen LogP contribution in [-0.2, 0) is 6.42 Å². The van der Waals surface area contributed by atoms with Gasteiger partial charge in [0.05, 0.1) is 0 Å². The number of allylic oxidation sites excluding steroid dienone is 1. The fourth-order valence-corrected chi connectivity index (χ4v) is 1.99. The van der Waals surface area contributed by atoms with E-state index >= 15 is 0 Å². The first kappa shape index (κ1) is 10.9. The highest BCUT2D eigenvalue weighted by Crippen LogP contribution is 2.30. The van der Waals surface area contributed by atoms with E-state index < -0.39 is 0 Å². The van der Waals surface area contributed by atoms with Crippen molar-refractivity contribution >= 4 is 34.8 Å². The molecular weight excluding hydrogens is 226 g/mol. The standard InChI is InChI=1S/C10H9Cl3/c1-6(2)3-8-9(12)4-7(11)5-10(8)13/h4-5H,1,3H2,2H3. The normalized spacial score (nSPS) is 10.2. The fraction of sp³-hybridized carbons (Fsp3) is 0.200. The summed E-state index contributed by atoms with van der Waals surface area (Å²) in [5.74, 6) is 0. The number of rotatable bonds is 2. The van der Waals surface area contributed by atoms with Crippen LogP contribution in [0.4, 0.5) is 0 Å². The molecule has 0 aliphatic carbocycles. The fourth-order valence-electron chi connectivity index (χ4n) is 1.04. The summed E-state index contributed by atoms with van der Waals surface area (Å²) in [6.45, 7) is 5.74. The van der Waals surface area contributed by atoms with Crippen LogP contribution in [0.3, 0.4) is 0 Å². The van der Waals surface area contributed by atoms with E-state index in [9.17, 15) is 0 Å². The van der Waals surface area contributed by atoms with Gasteiger partial charge in [-0.25, -0.2) is 0 Å². The first-order valence-corrected chi connectivity index (χ1v) is 4.92. The van der Waals surface area contributed by atoms with Gasteiger partial charge in [0.15, 0.2) is 0 Å². The van der Waals surface area contributed by atoms with Crippen molar-refractivity contribution in [3.63, 3.8) is 0 Å². The average molecular weight is 236 g/mol. The number of halogens is 3.